The van der Waals surface area contributed by atoms with E-state index in [1.165, 1.54) is 12.1 Å². The number of aryl methyl sites for hydroxylation is 2. The number of amides is 1. The Hall–Kier alpha value is -3.15. The van der Waals surface area contributed by atoms with Gasteiger partial charge < -0.3 is 5.32 Å². The first-order chi connectivity index (χ1) is 12.7. The smallest absolute Gasteiger partial charge is 0.321 e. The lowest BCUT2D eigenvalue weighted by molar-refractivity contribution is -0.0790. The normalized spacial score (nSPS) is 11.9. The minimum Gasteiger partial charge on any atom is -0.321 e. The first-order valence-corrected chi connectivity index (χ1v) is 8.27. The highest BCUT2D eigenvalue weighted by atomic mass is 19.4. The fourth-order valence-electron chi connectivity index (χ4n) is 2.89. The van der Waals surface area contributed by atoms with Crippen molar-refractivity contribution < 1.29 is 18.0 Å². The van der Waals surface area contributed by atoms with E-state index >= 15 is 0 Å². The number of benzene rings is 2. The van der Waals surface area contributed by atoms with E-state index in [-0.39, 0.29) is 12.0 Å². The van der Waals surface area contributed by atoms with Gasteiger partial charge in [0.15, 0.2) is 0 Å². The van der Waals surface area contributed by atoms with E-state index in [2.05, 4.69) is 10.3 Å². The molecule has 0 aliphatic carbocycles. The number of alkyl halides is 3. The number of rotatable bonds is 3. The van der Waals surface area contributed by atoms with E-state index < -0.39 is 6.18 Å². The SMILES string of the molecule is Cc1cc(/C=C/C(F)(F)F)ccc1C(=O)Nc1cccc2c(C)nccc12. The third-order valence-electron chi connectivity index (χ3n) is 4.21. The van der Waals surface area contributed by atoms with Gasteiger partial charge in [-0.2, -0.15) is 13.2 Å². The van der Waals surface area contributed by atoms with Crippen LogP contribution in [0.4, 0.5) is 18.9 Å². The van der Waals surface area contributed by atoms with Crippen molar-refractivity contribution >= 4 is 28.4 Å². The number of hydrogen-bond acceptors (Lipinski definition) is 2. The highest BCUT2D eigenvalue weighted by Crippen LogP contribution is 2.26. The first kappa shape index (κ1) is 18.6. The maximum atomic E-state index is 12.7. The lowest BCUT2D eigenvalue weighted by Crippen LogP contribution is -2.13. The van der Waals surface area contributed by atoms with E-state index in [1.807, 2.05) is 25.1 Å². The van der Waals surface area contributed by atoms with Crippen LogP contribution in [0.5, 0.6) is 0 Å². The largest absolute Gasteiger partial charge is 0.409 e. The van der Waals surface area contributed by atoms with E-state index in [9.17, 15) is 18.0 Å². The summed E-state index contributed by atoms with van der Waals surface area (Å²) in [5.41, 5.74) is 2.90. The molecule has 138 valence electrons. The third-order valence-corrected chi connectivity index (χ3v) is 4.21. The van der Waals surface area contributed by atoms with Gasteiger partial charge in [-0.25, -0.2) is 0 Å². The molecule has 1 heterocycles. The molecule has 6 heteroatoms. The summed E-state index contributed by atoms with van der Waals surface area (Å²) in [5.74, 6) is -0.319. The number of hydrogen-bond donors (Lipinski definition) is 1. The molecule has 0 radical (unpaired) electrons. The third kappa shape index (κ3) is 4.34. The predicted octanol–water partition coefficient (Wildman–Crippen LogP) is 5.68. The van der Waals surface area contributed by atoms with E-state index in [0.29, 0.717) is 22.4 Å². The number of halogens is 3. The van der Waals surface area contributed by atoms with Crippen LogP contribution in [0.1, 0.15) is 27.2 Å². The average molecular weight is 370 g/mol. The molecule has 1 N–H and O–H groups in total. The second-order valence-electron chi connectivity index (χ2n) is 6.20. The standard InChI is InChI=1S/C21H17F3N2O/c1-13-12-15(8-10-21(22,23)24)6-7-16(13)20(27)26-19-5-3-4-17-14(2)25-11-9-18(17)19/h3-12H,1-2H3,(H,26,27)/b10-8+. The summed E-state index contributed by atoms with van der Waals surface area (Å²) in [6, 6.07) is 12.0. The zero-order valence-corrected chi connectivity index (χ0v) is 14.8. The topological polar surface area (TPSA) is 42.0 Å². The summed E-state index contributed by atoms with van der Waals surface area (Å²) in [6.07, 6.45) is -1.53. The van der Waals surface area contributed by atoms with Crippen molar-refractivity contribution in [1.29, 1.82) is 0 Å². The second kappa shape index (κ2) is 7.23. The Morgan fingerprint density at radius 2 is 1.85 bits per heavy atom. The molecule has 2 aromatic carbocycles. The molecule has 1 aromatic heterocycles. The Kier molecular flexibility index (Phi) is 4.99. The average Bonchev–Trinajstić information content (AvgIpc) is 2.60. The van der Waals surface area contributed by atoms with Gasteiger partial charge in [0.2, 0.25) is 0 Å². The quantitative estimate of drug-likeness (QED) is 0.644. The molecule has 0 atom stereocenters. The Bertz CT molecular complexity index is 1040. The maximum Gasteiger partial charge on any atom is 0.409 e. The molecule has 1 amide bonds. The molecule has 0 saturated heterocycles. The number of carbonyl (C=O) groups excluding carboxylic acids is 1. The van der Waals surface area contributed by atoms with E-state index in [1.54, 1.807) is 25.3 Å². The zero-order valence-electron chi connectivity index (χ0n) is 14.8. The minimum atomic E-state index is -4.37. The van der Waals surface area contributed by atoms with Gasteiger partial charge in [-0.05, 0) is 43.2 Å². The van der Waals surface area contributed by atoms with Crippen LogP contribution in [0, 0.1) is 13.8 Å². The fourth-order valence-corrected chi connectivity index (χ4v) is 2.89. The number of fused-ring (bicyclic) bond motifs is 1. The molecule has 0 unspecified atom stereocenters. The fraction of sp³-hybridized carbons (Fsp3) is 0.143. The number of pyridine rings is 1. The Morgan fingerprint density at radius 3 is 2.56 bits per heavy atom. The van der Waals surface area contributed by atoms with Crippen molar-refractivity contribution in [3.63, 3.8) is 0 Å². The van der Waals surface area contributed by atoms with Crippen molar-refractivity contribution in [2.45, 2.75) is 20.0 Å². The monoisotopic (exact) mass is 370 g/mol. The van der Waals surface area contributed by atoms with Crippen molar-refractivity contribution in [3.8, 4) is 0 Å². The Balaban J connectivity index is 1.87. The van der Waals surface area contributed by atoms with Crippen LogP contribution in [0.25, 0.3) is 16.8 Å². The highest BCUT2D eigenvalue weighted by molar-refractivity contribution is 6.10. The van der Waals surface area contributed by atoms with Crippen LogP contribution in [0.3, 0.4) is 0 Å². The summed E-state index contributed by atoms with van der Waals surface area (Å²) in [6.45, 7) is 3.59. The van der Waals surface area contributed by atoms with E-state index in [4.69, 9.17) is 0 Å². The van der Waals surface area contributed by atoms with Crippen LogP contribution < -0.4 is 5.32 Å². The lowest BCUT2D eigenvalue weighted by atomic mass is 10.0. The number of aromatic nitrogens is 1. The molecular formula is C21H17F3N2O. The Morgan fingerprint density at radius 1 is 1.07 bits per heavy atom. The molecule has 3 nitrogen and oxygen atoms in total. The van der Waals surface area contributed by atoms with Crippen molar-refractivity contribution in [2.24, 2.45) is 0 Å². The van der Waals surface area contributed by atoms with Crippen LogP contribution in [0.2, 0.25) is 0 Å². The van der Waals surface area contributed by atoms with Gasteiger partial charge in [0.05, 0.1) is 0 Å². The lowest BCUT2D eigenvalue weighted by Gasteiger charge is -2.11. The number of allylic oxidation sites excluding steroid dienone is 1. The van der Waals surface area contributed by atoms with Gasteiger partial charge in [-0.1, -0.05) is 30.3 Å². The van der Waals surface area contributed by atoms with Crippen LogP contribution in [-0.2, 0) is 0 Å². The molecule has 27 heavy (non-hydrogen) atoms. The molecule has 3 rings (SSSR count). The van der Waals surface area contributed by atoms with Crippen LogP contribution in [-0.4, -0.2) is 17.1 Å². The van der Waals surface area contributed by atoms with Gasteiger partial charge in [0.1, 0.15) is 0 Å². The molecule has 3 aromatic rings. The zero-order chi connectivity index (χ0) is 19.6. The molecule has 0 aliphatic rings. The summed E-state index contributed by atoms with van der Waals surface area (Å²) in [4.78, 5) is 16.9. The van der Waals surface area contributed by atoms with Gasteiger partial charge in [-0.3, -0.25) is 9.78 Å². The first-order valence-electron chi connectivity index (χ1n) is 8.27. The number of nitrogens with zero attached hydrogens (tertiary/aromatic N) is 1. The number of carbonyl (C=O) groups is 1. The van der Waals surface area contributed by atoms with Gasteiger partial charge in [-0.15, -0.1) is 0 Å². The van der Waals surface area contributed by atoms with Gasteiger partial charge in [0.25, 0.3) is 5.91 Å². The second-order valence-corrected chi connectivity index (χ2v) is 6.20. The van der Waals surface area contributed by atoms with Crippen molar-refractivity contribution in [1.82, 2.24) is 4.98 Å². The van der Waals surface area contributed by atoms with Crippen LogP contribution >= 0.6 is 0 Å². The molecule has 0 fully saturated rings. The molecule has 0 saturated carbocycles. The summed E-state index contributed by atoms with van der Waals surface area (Å²) < 4.78 is 36.9. The Labute approximate surface area is 154 Å². The molecule has 0 spiro atoms. The summed E-state index contributed by atoms with van der Waals surface area (Å²) in [5, 5.41) is 4.70. The number of nitrogens with one attached hydrogen (secondary N) is 1. The number of anilines is 1. The van der Waals surface area contributed by atoms with Gasteiger partial charge in [0, 0.05) is 40.0 Å². The highest BCUT2D eigenvalue weighted by Gasteiger charge is 2.21. The maximum absolute atomic E-state index is 12.7. The van der Waals surface area contributed by atoms with Crippen molar-refractivity contribution in [2.75, 3.05) is 5.32 Å². The summed E-state index contributed by atoms with van der Waals surface area (Å²) in [7, 11) is 0. The molecule has 0 aliphatic heterocycles. The van der Waals surface area contributed by atoms with Gasteiger partial charge >= 0.3 is 6.18 Å². The molecular weight excluding hydrogens is 353 g/mol. The summed E-state index contributed by atoms with van der Waals surface area (Å²) >= 11 is 0. The van der Waals surface area contributed by atoms with Crippen molar-refractivity contribution in [3.05, 3.63) is 77.1 Å². The molecule has 0 bridgehead atoms. The van der Waals surface area contributed by atoms with E-state index in [0.717, 1.165) is 22.5 Å². The van der Waals surface area contributed by atoms with Crippen LogP contribution in [0.15, 0.2) is 54.7 Å². The minimum absolute atomic E-state index is 0.175. The predicted molar refractivity (Wildman–Crippen MR) is 101 cm³/mol.